The number of hydrogen-bond donors (Lipinski definition) is 0. The fourth-order valence-corrected chi connectivity index (χ4v) is 3.42. The van der Waals surface area contributed by atoms with Crippen LogP contribution in [0.25, 0.3) is 11.4 Å². The molecule has 0 spiro atoms. The first kappa shape index (κ1) is 17.4. The zero-order chi connectivity index (χ0) is 18.6. The third-order valence-corrected chi connectivity index (χ3v) is 4.97. The summed E-state index contributed by atoms with van der Waals surface area (Å²) in [6.07, 6.45) is 5.49. The molecule has 0 N–H and O–H groups in total. The lowest BCUT2D eigenvalue weighted by atomic mass is 9.80. The van der Waals surface area contributed by atoms with E-state index in [0.717, 1.165) is 23.3 Å². The molecule has 27 heavy (non-hydrogen) atoms. The Labute approximate surface area is 157 Å². The maximum absolute atomic E-state index is 11.6. The molecule has 1 aliphatic rings. The molecule has 0 radical (unpaired) electrons. The molecule has 1 aliphatic carbocycles. The molecule has 2 atom stereocenters. The number of hydrogen-bond acceptors (Lipinski definition) is 6. The molecule has 0 aliphatic heterocycles. The van der Waals surface area contributed by atoms with Gasteiger partial charge in [0.1, 0.15) is 18.1 Å². The third-order valence-electron chi connectivity index (χ3n) is 4.97. The standard InChI is InChI=1S/C21H21N3O3/c1-14-11-17(25)6-9-19(14)21-23-20(24-27-21)16-4-7-18(8-5-16)26-13-15-3-2-10-22-12-15/h2-5,7-8,10,12,14,19H,6,9,11,13H2,1H3/t14-,19+/m1/s1. The zero-order valence-corrected chi connectivity index (χ0v) is 15.2. The summed E-state index contributed by atoms with van der Waals surface area (Å²) in [7, 11) is 0. The molecule has 6 heteroatoms. The molecule has 2 heterocycles. The van der Waals surface area contributed by atoms with E-state index in [1.54, 1.807) is 12.4 Å². The third kappa shape index (κ3) is 4.05. The smallest absolute Gasteiger partial charge is 0.230 e. The topological polar surface area (TPSA) is 78.1 Å². The fourth-order valence-electron chi connectivity index (χ4n) is 3.42. The van der Waals surface area contributed by atoms with Gasteiger partial charge in [-0.1, -0.05) is 18.1 Å². The van der Waals surface area contributed by atoms with Crippen LogP contribution in [0.4, 0.5) is 0 Å². The second-order valence-electron chi connectivity index (χ2n) is 7.00. The minimum atomic E-state index is 0.158. The molecule has 0 amide bonds. The van der Waals surface area contributed by atoms with E-state index < -0.39 is 0 Å². The van der Waals surface area contributed by atoms with Gasteiger partial charge >= 0.3 is 0 Å². The van der Waals surface area contributed by atoms with Gasteiger partial charge in [0.05, 0.1) is 0 Å². The molecule has 3 aromatic rings. The first-order valence-electron chi connectivity index (χ1n) is 9.16. The van der Waals surface area contributed by atoms with Crippen LogP contribution in [0.5, 0.6) is 5.75 Å². The van der Waals surface area contributed by atoms with Crippen molar-refractivity contribution in [1.29, 1.82) is 0 Å². The summed E-state index contributed by atoms with van der Waals surface area (Å²) in [6.45, 7) is 2.54. The predicted octanol–water partition coefficient (Wildman–Crippen LogP) is 4.18. The number of nitrogens with zero attached hydrogens (tertiary/aromatic N) is 3. The van der Waals surface area contributed by atoms with Crippen LogP contribution in [-0.2, 0) is 11.4 Å². The number of pyridine rings is 1. The summed E-state index contributed by atoms with van der Waals surface area (Å²) in [5.41, 5.74) is 1.89. The van der Waals surface area contributed by atoms with Crippen molar-refractivity contribution in [2.75, 3.05) is 0 Å². The summed E-state index contributed by atoms with van der Waals surface area (Å²) in [6, 6.07) is 11.5. The summed E-state index contributed by atoms with van der Waals surface area (Å²) in [4.78, 5) is 20.2. The molecule has 4 rings (SSSR count). The highest BCUT2D eigenvalue weighted by atomic mass is 16.5. The number of aromatic nitrogens is 3. The fraction of sp³-hybridized carbons (Fsp3) is 0.333. The number of ether oxygens (including phenoxy) is 1. The molecule has 0 unspecified atom stereocenters. The second-order valence-corrected chi connectivity index (χ2v) is 7.00. The Hall–Kier alpha value is -3.02. The molecular weight excluding hydrogens is 342 g/mol. The van der Waals surface area contributed by atoms with Crippen LogP contribution in [0.2, 0.25) is 0 Å². The van der Waals surface area contributed by atoms with E-state index in [1.165, 1.54) is 0 Å². The van der Waals surface area contributed by atoms with Crippen molar-refractivity contribution >= 4 is 5.78 Å². The average molecular weight is 363 g/mol. The van der Waals surface area contributed by atoms with E-state index in [0.29, 0.717) is 36.9 Å². The largest absolute Gasteiger partial charge is 0.489 e. The Bertz CT molecular complexity index is 906. The number of carbonyl (C=O) groups excluding carboxylic acids is 1. The average Bonchev–Trinajstić information content (AvgIpc) is 3.17. The number of rotatable bonds is 5. The quantitative estimate of drug-likeness (QED) is 0.676. The SMILES string of the molecule is C[C@@H]1CC(=O)CC[C@@H]1c1nc(-c2ccc(OCc3cccnc3)cc2)no1. The first-order chi connectivity index (χ1) is 13.2. The van der Waals surface area contributed by atoms with Gasteiger partial charge in [-0.2, -0.15) is 4.98 Å². The highest BCUT2D eigenvalue weighted by Gasteiger charge is 2.31. The van der Waals surface area contributed by atoms with Crippen LogP contribution in [0.1, 0.15) is 43.6 Å². The van der Waals surface area contributed by atoms with Gasteiger partial charge < -0.3 is 9.26 Å². The Kier molecular flexibility index (Phi) is 4.96. The summed E-state index contributed by atoms with van der Waals surface area (Å²) >= 11 is 0. The maximum atomic E-state index is 11.6. The number of benzene rings is 1. The van der Waals surface area contributed by atoms with Crippen molar-refractivity contribution < 1.29 is 14.1 Å². The van der Waals surface area contributed by atoms with E-state index in [2.05, 4.69) is 22.0 Å². The van der Waals surface area contributed by atoms with Crippen molar-refractivity contribution in [3.63, 3.8) is 0 Å². The Morgan fingerprint density at radius 1 is 1.22 bits per heavy atom. The van der Waals surface area contributed by atoms with Gasteiger partial charge in [-0.05, 0) is 42.7 Å². The van der Waals surface area contributed by atoms with Gasteiger partial charge in [0.25, 0.3) is 0 Å². The van der Waals surface area contributed by atoms with Gasteiger partial charge in [-0.25, -0.2) is 0 Å². The van der Waals surface area contributed by atoms with Crippen LogP contribution in [-0.4, -0.2) is 20.9 Å². The van der Waals surface area contributed by atoms with E-state index in [4.69, 9.17) is 9.26 Å². The molecule has 1 saturated carbocycles. The number of carbonyl (C=O) groups is 1. The van der Waals surface area contributed by atoms with Crippen LogP contribution in [0.15, 0.2) is 53.3 Å². The van der Waals surface area contributed by atoms with Gasteiger partial charge in [0, 0.05) is 42.3 Å². The van der Waals surface area contributed by atoms with E-state index in [9.17, 15) is 4.79 Å². The minimum Gasteiger partial charge on any atom is -0.489 e. The van der Waals surface area contributed by atoms with Crippen molar-refractivity contribution in [1.82, 2.24) is 15.1 Å². The van der Waals surface area contributed by atoms with Gasteiger partial charge in [-0.3, -0.25) is 9.78 Å². The highest BCUT2D eigenvalue weighted by Crippen LogP contribution is 2.36. The highest BCUT2D eigenvalue weighted by molar-refractivity contribution is 5.79. The van der Waals surface area contributed by atoms with E-state index in [1.807, 2.05) is 36.4 Å². The maximum Gasteiger partial charge on any atom is 0.230 e. The number of Topliss-reactive ketones (excluding diaryl/α,β-unsaturated/α-hetero) is 1. The molecule has 1 fully saturated rings. The Morgan fingerprint density at radius 3 is 2.81 bits per heavy atom. The van der Waals surface area contributed by atoms with Gasteiger partial charge in [0.2, 0.25) is 11.7 Å². The summed E-state index contributed by atoms with van der Waals surface area (Å²) in [5, 5.41) is 4.12. The van der Waals surface area contributed by atoms with Gasteiger partial charge in [-0.15, -0.1) is 0 Å². The molecular formula is C21H21N3O3. The molecule has 0 saturated heterocycles. The molecule has 0 bridgehead atoms. The zero-order valence-electron chi connectivity index (χ0n) is 15.2. The van der Waals surface area contributed by atoms with Crippen molar-refractivity contribution in [3.8, 4) is 17.1 Å². The lowest BCUT2D eigenvalue weighted by molar-refractivity contribution is -0.121. The molecule has 138 valence electrons. The predicted molar refractivity (Wildman–Crippen MR) is 99.1 cm³/mol. The first-order valence-corrected chi connectivity index (χ1v) is 9.16. The minimum absolute atomic E-state index is 0.158. The molecule has 2 aromatic heterocycles. The van der Waals surface area contributed by atoms with Gasteiger partial charge in [0.15, 0.2) is 0 Å². The lowest BCUT2D eigenvalue weighted by Gasteiger charge is -2.24. The molecule has 1 aromatic carbocycles. The van der Waals surface area contributed by atoms with Crippen LogP contribution < -0.4 is 4.74 Å². The Balaban J connectivity index is 1.42. The van der Waals surface area contributed by atoms with Crippen molar-refractivity contribution in [2.24, 2.45) is 5.92 Å². The number of ketones is 1. The van der Waals surface area contributed by atoms with Crippen molar-refractivity contribution in [2.45, 2.75) is 38.7 Å². The van der Waals surface area contributed by atoms with Crippen molar-refractivity contribution in [3.05, 3.63) is 60.2 Å². The molecule has 6 nitrogen and oxygen atoms in total. The van der Waals surface area contributed by atoms with Crippen LogP contribution in [0.3, 0.4) is 0 Å². The van der Waals surface area contributed by atoms with Crippen LogP contribution >= 0.6 is 0 Å². The Morgan fingerprint density at radius 2 is 2.07 bits per heavy atom. The van der Waals surface area contributed by atoms with E-state index >= 15 is 0 Å². The normalized spacial score (nSPS) is 19.8. The van der Waals surface area contributed by atoms with E-state index in [-0.39, 0.29) is 11.8 Å². The summed E-state index contributed by atoms with van der Waals surface area (Å²) in [5.74, 6) is 2.68. The lowest BCUT2D eigenvalue weighted by Crippen LogP contribution is -2.21. The monoisotopic (exact) mass is 363 g/mol. The second kappa shape index (κ2) is 7.70. The summed E-state index contributed by atoms with van der Waals surface area (Å²) < 4.78 is 11.3. The van der Waals surface area contributed by atoms with Crippen LogP contribution in [0, 0.1) is 5.92 Å².